The van der Waals surface area contributed by atoms with Crippen LogP contribution in [0.2, 0.25) is 0 Å². The molecular weight excluding hydrogens is 292 g/mol. The van der Waals surface area contributed by atoms with Crippen molar-refractivity contribution in [3.8, 4) is 17.6 Å². The predicted molar refractivity (Wildman–Crippen MR) is 86.1 cm³/mol. The van der Waals surface area contributed by atoms with Crippen molar-refractivity contribution in [2.24, 2.45) is 0 Å². The van der Waals surface area contributed by atoms with Crippen molar-refractivity contribution in [1.82, 2.24) is 0 Å². The normalized spacial score (nSPS) is 13.3. The standard InChI is InChI=1S/C18H16N2O3/c1-22-14-6-4-13(5-7-14)20-10-15-12(9-19)3-8-17(23-2)18(15)16(21)11-20/h3-8H,10-11H2,1-2H3. The molecule has 0 atom stereocenters. The number of Topliss-reactive ketones (excluding diaryl/α,β-unsaturated/α-hetero) is 1. The minimum absolute atomic E-state index is 0.0454. The summed E-state index contributed by atoms with van der Waals surface area (Å²) in [6.45, 7) is 0.748. The van der Waals surface area contributed by atoms with E-state index in [1.54, 1.807) is 19.2 Å². The number of carbonyl (C=O) groups excluding carboxylic acids is 1. The van der Waals surface area contributed by atoms with E-state index in [4.69, 9.17) is 9.47 Å². The van der Waals surface area contributed by atoms with Crippen LogP contribution in [0.15, 0.2) is 36.4 Å². The van der Waals surface area contributed by atoms with Crippen LogP contribution < -0.4 is 14.4 Å². The van der Waals surface area contributed by atoms with Crippen molar-refractivity contribution in [3.63, 3.8) is 0 Å². The zero-order chi connectivity index (χ0) is 16.4. The van der Waals surface area contributed by atoms with Gasteiger partial charge in [0.25, 0.3) is 0 Å². The van der Waals surface area contributed by atoms with E-state index in [1.807, 2.05) is 29.2 Å². The lowest BCUT2D eigenvalue weighted by atomic mass is 9.93. The first-order valence-corrected chi connectivity index (χ1v) is 7.20. The molecule has 5 nitrogen and oxygen atoms in total. The highest BCUT2D eigenvalue weighted by molar-refractivity contribution is 6.04. The number of anilines is 1. The van der Waals surface area contributed by atoms with Gasteiger partial charge in [0, 0.05) is 17.8 Å². The summed E-state index contributed by atoms with van der Waals surface area (Å²) >= 11 is 0. The zero-order valence-electron chi connectivity index (χ0n) is 13.0. The van der Waals surface area contributed by atoms with E-state index < -0.39 is 0 Å². The van der Waals surface area contributed by atoms with Crippen molar-refractivity contribution in [2.45, 2.75) is 6.54 Å². The minimum atomic E-state index is -0.0454. The molecule has 0 amide bonds. The third-order valence-electron chi connectivity index (χ3n) is 4.01. The van der Waals surface area contributed by atoms with Gasteiger partial charge in [-0.25, -0.2) is 0 Å². The topological polar surface area (TPSA) is 62.6 Å². The lowest BCUT2D eigenvalue weighted by Gasteiger charge is -2.31. The number of ether oxygens (including phenoxy) is 2. The van der Waals surface area contributed by atoms with Gasteiger partial charge >= 0.3 is 0 Å². The lowest BCUT2D eigenvalue weighted by molar-refractivity contribution is 0.0989. The molecule has 2 aromatic carbocycles. The average molecular weight is 308 g/mol. The van der Waals surface area contributed by atoms with E-state index >= 15 is 0 Å². The summed E-state index contributed by atoms with van der Waals surface area (Å²) in [5.74, 6) is 1.24. The Kier molecular flexibility index (Phi) is 3.90. The molecule has 3 rings (SSSR count). The van der Waals surface area contributed by atoms with Gasteiger partial charge in [-0.3, -0.25) is 4.79 Å². The van der Waals surface area contributed by atoms with Crippen molar-refractivity contribution in [3.05, 3.63) is 53.1 Å². The summed E-state index contributed by atoms with van der Waals surface area (Å²) in [7, 11) is 3.14. The highest BCUT2D eigenvalue weighted by atomic mass is 16.5. The number of hydrogen-bond acceptors (Lipinski definition) is 5. The highest BCUT2D eigenvalue weighted by Gasteiger charge is 2.28. The largest absolute Gasteiger partial charge is 0.497 e. The van der Waals surface area contributed by atoms with Gasteiger partial charge in [0.05, 0.1) is 38.0 Å². The van der Waals surface area contributed by atoms with E-state index in [9.17, 15) is 10.1 Å². The van der Waals surface area contributed by atoms with Gasteiger partial charge in [-0.2, -0.15) is 5.26 Å². The molecule has 0 saturated carbocycles. The van der Waals surface area contributed by atoms with Gasteiger partial charge in [-0.1, -0.05) is 0 Å². The Hall–Kier alpha value is -3.00. The fourth-order valence-corrected chi connectivity index (χ4v) is 2.85. The number of benzene rings is 2. The molecule has 2 aromatic rings. The molecule has 1 aliphatic rings. The fraction of sp³-hybridized carbons (Fsp3) is 0.222. The maximum absolute atomic E-state index is 12.6. The van der Waals surface area contributed by atoms with Crippen molar-refractivity contribution in [2.75, 3.05) is 25.7 Å². The first kappa shape index (κ1) is 14.9. The zero-order valence-corrected chi connectivity index (χ0v) is 13.0. The van der Waals surface area contributed by atoms with Gasteiger partial charge in [-0.05, 0) is 36.4 Å². The second kappa shape index (κ2) is 6.01. The summed E-state index contributed by atoms with van der Waals surface area (Å²) in [4.78, 5) is 14.5. The number of hydrogen-bond donors (Lipinski definition) is 0. The van der Waals surface area contributed by atoms with Crippen LogP contribution in [0.25, 0.3) is 0 Å². The Morgan fingerprint density at radius 1 is 1.04 bits per heavy atom. The summed E-state index contributed by atoms with van der Waals surface area (Å²) in [5, 5.41) is 9.33. The molecular formula is C18H16N2O3. The van der Waals surface area contributed by atoms with E-state index in [0.29, 0.717) is 23.4 Å². The summed E-state index contributed by atoms with van der Waals surface area (Å²) in [6.07, 6.45) is 0. The van der Waals surface area contributed by atoms with Crippen LogP contribution in [0.3, 0.4) is 0 Å². The van der Waals surface area contributed by atoms with Gasteiger partial charge in [0.2, 0.25) is 0 Å². The van der Waals surface area contributed by atoms with Crippen LogP contribution in [-0.4, -0.2) is 26.5 Å². The number of ketones is 1. The first-order chi connectivity index (χ1) is 11.2. The second-order valence-electron chi connectivity index (χ2n) is 5.26. The number of nitrogens with zero attached hydrogens (tertiary/aromatic N) is 2. The third-order valence-corrected chi connectivity index (χ3v) is 4.01. The Balaban J connectivity index is 2.02. The van der Waals surface area contributed by atoms with E-state index in [0.717, 1.165) is 17.0 Å². The number of methoxy groups -OCH3 is 2. The summed E-state index contributed by atoms with van der Waals surface area (Å²) in [5.41, 5.74) is 2.67. The van der Waals surface area contributed by atoms with Crippen molar-refractivity contribution in [1.29, 1.82) is 5.26 Å². The van der Waals surface area contributed by atoms with Crippen LogP contribution in [0, 0.1) is 11.3 Å². The molecule has 5 heteroatoms. The average Bonchev–Trinajstić information content (AvgIpc) is 2.60. The van der Waals surface area contributed by atoms with Gasteiger partial charge in [-0.15, -0.1) is 0 Å². The number of carbonyl (C=O) groups is 1. The number of rotatable bonds is 3. The Morgan fingerprint density at radius 3 is 2.39 bits per heavy atom. The minimum Gasteiger partial charge on any atom is -0.497 e. The summed E-state index contributed by atoms with van der Waals surface area (Å²) in [6, 6.07) is 13.1. The molecule has 0 N–H and O–H groups in total. The fourth-order valence-electron chi connectivity index (χ4n) is 2.85. The van der Waals surface area contributed by atoms with Gasteiger partial charge in [0.15, 0.2) is 5.78 Å². The number of nitriles is 1. The molecule has 0 radical (unpaired) electrons. The van der Waals surface area contributed by atoms with Crippen LogP contribution in [0.1, 0.15) is 21.5 Å². The quantitative estimate of drug-likeness (QED) is 0.872. The Morgan fingerprint density at radius 2 is 1.78 bits per heavy atom. The van der Waals surface area contributed by atoms with E-state index in [-0.39, 0.29) is 12.3 Å². The molecule has 0 unspecified atom stereocenters. The van der Waals surface area contributed by atoms with E-state index in [2.05, 4.69) is 6.07 Å². The Bertz CT molecular complexity index is 791. The van der Waals surface area contributed by atoms with Crippen LogP contribution in [0.4, 0.5) is 5.69 Å². The van der Waals surface area contributed by atoms with Gasteiger partial charge < -0.3 is 14.4 Å². The molecule has 0 aromatic heterocycles. The molecule has 0 aliphatic carbocycles. The van der Waals surface area contributed by atoms with Gasteiger partial charge in [0.1, 0.15) is 11.5 Å². The SMILES string of the molecule is COc1ccc(N2CC(=O)c3c(OC)ccc(C#N)c3C2)cc1. The maximum Gasteiger partial charge on any atom is 0.186 e. The maximum atomic E-state index is 12.6. The third kappa shape index (κ3) is 2.59. The molecule has 116 valence electrons. The molecule has 0 spiro atoms. The molecule has 0 saturated heterocycles. The predicted octanol–water partition coefficient (Wildman–Crippen LogP) is 2.78. The number of fused-ring (bicyclic) bond motifs is 1. The molecule has 0 fully saturated rings. The van der Waals surface area contributed by atoms with Crippen molar-refractivity contribution < 1.29 is 14.3 Å². The molecule has 23 heavy (non-hydrogen) atoms. The lowest BCUT2D eigenvalue weighted by Crippen LogP contribution is -2.35. The second-order valence-corrected chi connectivity index (χ2v) is 5.26. The molecule has 1 aliphatic heterocycles. The first-order valence-electron chi connectivity index (χ1n) is 7.20. The highest BCUT2D eigenvalue weighted by Crippen LogP contribution is 2.33. The molecule has 1 heterocycles. The van der Waals surface area contributed by atoms with Crippen molar-refractivity contribution >= 4 is 11.5 Å². The Labute approximate surface area is 134 Å². The smallest absolute Gasteiger partial charge is 0.186 e. The van der Waals surface area contributed by atoms with Crippen LogP contribution >= 0.6 is 0 Å². The van der Waals surface area contributed by atoms with Crippen LogP contribution in [-0.2, 0) is 6.54 Å². The van der Waals surface area contributed by atoms with Crippen LogP contribution in [0.5, 0.6) is 11.5 Å². The monoisotopic (exact) mass is 308 g/mol. The molecule has 0 bridgehead atoms. The van der Waals surface area contributed by atoms with E-state index in [1.165, 1.54) is 7.11 Å². The summed E-state index contributed by atoms with van der Waals surface area (Å²) < 4.78 is 10.4.